The van der Waals surface area contributed by atoms with Crippen molar-refractivity contribution in [3.63, 3.8) is 0 Å². The van der Waals surface area contributed by atoms with Crippen LogP contribution in [0.15, 0.2) is 30.5 Å². The Labute approximate surface area is 112 Å². The first kappa shape index (κ1) is 13.1. The lowest BCUT2D eigenvalue weighted by Gasteiger charge is -2.19. The number of nitrogens with two attached hydrogens (primary N) is 1. The summed E-state index contributed by atoms with van der Waals surface area (Å²) in [5, 5.41) is 4.07. The lowest BCUT2D eigenvalue weighted by atomic mass is 10.1. The average molecular weight is 258 g/mol. The fraction of sp³-hybridized carbons (Fsp3) is 0.286. The van der Waals surface area contributed by atoms with Gasteiger partial charge in [0.05, 0.1) is 11.2 Å². The number of nitrogens with one attached hydrogen (secondary N) is 1. The molecule has 19 heavy (non-hydrogen) atoms. The molecule has 0 saturated carbocycles. The van der Waals surface area contributed by atoms with Gasteiger partial charge in [-0.1, -0.05) is 0 Å². The van der Waals surface area contributed by atoms with Crippen LogP contribution in [0.2, 0.25) is 0 Å². The molecule has 1 unspecified atom stereocenters. The second-order valence-electron chi connectivity index (χ2n) is 4.70. The third-order valence-electron chi connectivity index (χ3n) is 2.99. The van der Waals surface area contributed by atoms with Crippen molar-refractivity contribution in [2.45, 2.75) is 13.0 Å². The van der Waals surface area contributed by atoms with Crippen molar-refractivity contribution in [2.24, 2.45) is 0 Å². The maximum Gasteiger partial charge on any atom is 0.244 e. The molecule has 2 aromatic rings. The Morgan fingerprint density at radius 3 is 2.79 bits per heavy atom. The van der Waals surface area contributed by atoms with Crippen LogP contribution in [0, 0.1) is 0 Å². The van der Waals surface area contributed by atoms with E-state index in [0.717, 1.165) is 16.6 Å². The molecule has 100 valence electrons. The summed E-state index contributed by atoms with van der Waals surface area (Å²) in [5.74, 6) is 0.0147. The predicted molar refractivity (Wildman–Crippen MR) is 77.9 cm³/mol. The summed E-state index contributed by atoms with van der Waals surface area (Å²) in [4.78, 5) is 17.8. The topological polar surface area (TPSA) is 71.2 Å². The molecule has 1 atom stereocenters. The molecule has 5 heteroatoms. The zero-order chi connectivity index (χ0) is 14.0. The lowest BCUT2D eigenvalue weighted by Crippen LogP contribution is -2.36. The van der Waals surface area contributed by atoms with Gasteiger partial charge in [-0.25, -0.2) is 0 Å². The summed E-state index contributed by atoms with van der Waals surface area (Å²) < 4.78 is 0. The zero-order valence-corrected chi connectivity index (χ0v) is 11.3. The van der Waals surface area contributed by atoms with Gasteiger partial charge in [0.2, 0.25) is 5.91 Å². The van der Waals surface area contributed by atoms with E-state index in [-0.39, 0.29) is 11.9 Å². The predicted octanol–water partition coefficient (Wildman–Crippen LogP) is 1.71. The van der Waals surface area contributed by atoms with E-state index < -0.39 is 0 Å². The SMILES string of the molecule is CC(Nc1ccc(N)c2cccnc12)C(=O)N(C)C. The molecule has 1 amide bonds. The number of hydrogen-bond donors (Lipinski definition) is 2. The van der Waals surface area contributed by atoms with Crippen LogP contribution < -0.4 is 11.1 Å². The number of aromatic nitrogens is 1. The van der Waals surface area contributed by atoms with Gasteiger partial charge in [-0.05, 0) is 31.2 Å². The number of nitrogens with zero attached hydrogens (tertiary/aromatic N) is 2. The second-order valence-corrected chi connectivity index (χ2v) is 4.70. The number of anilines is 2. The van der Waals surface area contributed by atoms with E-state index >= 15 is 0 Å². The summed E-state index contributed by atoms with van der Waals surface area (Å²) in [6, 6.07) is 7.12. The Morgan fingerprint density at radius 2 is 2.11 bits per heavy atom. The van der Waals surface area contributed by atoms with E-state index in [1.54, 1.807) is 25.2 Å². The number of rotatable bonds is 3. The molecule has 1 heterocycles. The van der Waals surface area contributed by atoms with Gasteiger partial charge in [0.15, 0.2) is 0 Å². The van der Waals surface area contributed by atoms with Crippen LogP contribution in [0.4, 0.5) is 11.4 Å². The maximum atomic E-state index is 11.9. The number of likely N-dealkylation sites (N-methyl/N-ethyl adjacent to an activating group) is 1. The number of nitrogen functional groups attached to an aromatic ring is 1. The highest BCUT2D eigenvalue weighted by molar-refractivity contribution is 5.99. The van der Waals surface area contributed by atoms with Crippen LogP contribution in [-0.2, 0) is 4.79 Å². The van der Waals surface area contributed by atoms with E-state index in [1.165, 1.54) is 0 Å². The van der Waals surface area contributed by atoms with Crippen molar-refractivity contribution in [3.8, 4) is 0 Å². The van der Waals surface area contributed by atoms with Crippen molar-refractivity contribution in [1.29, 1.82) is 0 Å². The third-order valence-corrected chi connectivity index (χ3v) is 2.99. The van der Waals surface area contributed by atoms with Crippen LogP contribution in [0.3, 0.4) is 0 Å². The summed E-state index contributed by atoms with van der Waals surface area (Å²) in [5.41, 5.74) is 8.19. The van der Waals surface area contributed by atoms with E-state index in [9.17, 15) is 4.79 Å². The standard InChI is InChI=1S/C14H18N4O/c1-9(14(19)18(2)3)17-12-7-6-11(15)10-5-4-8-16-13(10)12/h4-9,17H,15H2,1-3H3. The normalized spacial score (nSPS) is 12.2. The van der Waals surface area contributed by atoms with Gasteiger partial charge in [-0.3, -0.25) is 9.78 Å². The van der Waals surface area contributed by atoms with Gasteiger partial charge in [-0.15, -0.1) is 0 Å². The first-order valence-corrected chi connectivity index (χ1v) is 6.11. The largest absolute Gasteiger partial charge is 0.398 e. The molecule has 0 aliphatic rings. The number of pyridine rings is 1. The van der Waals surface area contributed by atoms with Crippen molar-refractivity contribution in [2.75, 3.05) is 25.1 Å². The van der Waals surface area contributed by atoms with Gasteiger partial charge in [-0.2, -0.15) is 0 Å². The highest BCUT2D eigenvalue weighted by atomic mass is 16.2. The molecule has 0 fully saturated rings. The van der Waals surface area contributed by atoms with Gasteiger partial charge >= 0.3 is 0 Å². The molecular formula is C14H18N4O. The van der Waals surface area contributed by atoms with Crippen molar-refractivity contribution in [3.05, 3.63) is 30.5 Å². The second kappa shape index (κ2) is 5.14. The Morgan fingerprint density at radius 1 is 1.37 bits per heavy atom. The smallest absolute Gasteiger partial charge is 0.244 e. The Bertz CT molecular complexity index is 609. The molecule has 1 aromatic heterocycles. The minimum absolute atomic E-state index is 0.0147. The molecule has 3 N–H and O–H groups in total. The van der Waals surface area contributed by atoms with Crippen molar-refractivity contribution in [1.82, 2.24) is 9.88 Å². The first-order valence-electron chi connectivity index (χ1n) is 6.11. The van der Waals surface area contributed by atoms with Crippen LogP contribution in [0.25, 0.3) is 10.9 Å². The van der Waals surface area contributed by atoms with Gasteiger partial charge in [0.25, 0.3) is 0 Å². The molecule has 0 radical (unpaired) electrons. The molecule has 5 nitrogen and oxygen atoms in total. The van der Waals surface area contributed by atoms with Crippen LogP contribution in [0.5, 0.6) is 0 Å². The molecule has 0 spiro atoms. The molecule has 0 saturated heterocycles. The van der Waals surface area contributed by atoms with Gasteiger partial charge in [0, 0.05) is 31.4 Å². The number of carbonyl (C=O) groups is 1. The van der Waals surface area contributed by atoms with E-state index in [0.29, 0.717) is 5.69 Å². The Hall–Kier alpha value is -2.30. The maximum absolute atomic E-state index is 11.9. The number of benzene rings is 1. The minimum Gasteiger partial charge on any atom is -0.398 e. The summed E-state index contributed by atoms with van der Waals surface area (Å²) >= 11 is 0. The fourth-order valence-corrected chi connectivity index (χ4v) is 1.99. The molecule has 0 aliphatic heterocycles. The van der Waals surface area contributed by atoms with Crippen molar-refractivity contribution >= 4 is 28.2 Å². The minimum atomic E-state index is -0.316. The Kier molecular flexibility index (Phi) is 3.55. The lowest BCUT2D eigenvalue weighted by molar-refractivity contribution is -0.129. The summed E-state index contributed by atoms with van der Waals surface area (Å²) in [7, 11) is 3.47. The van der Waals surface area contributed by atoms with E-state index in [4.69, 9.17) is 5.73 Å². The van der Waals surface area contributed by atoms with Crippen LogP contribution in [0.1, 0.15) is 6.92 Å². The van der Waals surface area contributed by atoms with Crippen LogP contribution >= 0.6 is 0 Å². The highest BCUT2D eigenvalue weighted by Gasteiger charge is 2.16. The summed E-state index contributed by atoms with van der Waals surface area (Å²) in [6.45, 7) is 1.83. The molecule has 0 aliphatic carbocycles. The molecule has 0 bridgehead atoms. The molecule has 2 rings (SSSR count). The number of hydrogen-bond acceptors (Lipinski definition) is 4. The number of carbonyl (C=O) groups excluding carboxylic acids is 1. The zero-order valence-electron chi connectivity index (χ0n) is 11.3. The van der Waals surface area contributed by atoms with Crippen LogP contribution in [-0.4, -0.2) is 35.9 Å². The van der Waals surface area contributed by atoms with E-state index in [1.807, 2.05) is 31.2 Å². The number of fused-ring (bicyclic) bond motifs is 1. The van der Waals surface area contributed by atoms with Gasteiger partial charge in [0.1, 0.15) is 6.04 Å². The Balaban J connectivity index is 2.36. The van der Waals surface area contributed by atoms with Gasteiger partial charge < -0.3 is 16.0 Å². The quantitative estimate of drug-likeness (QED) is 0.822. The highest BCUT2D eigenvalue weighted by Crippen LogP contribution is 2.26. The molecular weight excluding hydrogens is 240 g/mol. The third kappa shape index (κ3) is 2.59. The molecule has 1 aromatic carbocycles. The first-order chi connectivity index (χ1) is 9.00. The fourth-order valence-electron chi connectivity index (χ4n) is 1.99. The average Bonchev–Trinajstić information content (AvgIpc) is 2.41. The summed E-state index contributed by atoms with van der Waals surface area (Å²) in [6.07, 6.45) is 1.71. The number of amides is 1. The monoisotopic (exact) mass is 258 g/mol. The van der Waals surface area contributed by atoms with Crippen molar-refractivity contribution < 1.29 is 4.79 Å². The van der Waals surface area contributed by atoms with E-state index in [2.05, 4.69) is 10.3 Å².